The van der Waals surface area contributed by atoms with Gasteiger partial charge in [0.15, 0.2) is 0 Å². The Morgan fingerprint density at radius 3 is 2.33 bits per heavy atom. The van der Waals surface area contributed by atoms with Gasteiger partial charge in [-0.25, -0.2) is 0 Å². The molecule has 1 aromatic carbocycles. The number of hydrogen-bond donors (Lipinski definition) is 1. The van der Waals surface area contributed by atoms with Gasteiger partial charge in [0.25, 0.3) is 0 Å². The molecule has 0 spiro atoms. The number of benzene rings is 1. The van der Waals surface area contributed by atoms with Crippen LogP contribution in [-0.2, 0) is 12.8 Å². The summed E-state index contributed by atoms with van der Waals surface area (Å²) < 4.78 is 5.50. The van der Waals surface area contributed by atoms with Crippen molar-refractivity contribution in [3.63, 3.8) is 0 Å². The Bertz CT molecular complexity index is 444. The Hall–Kier alpha value is -1.54. The van der Waals surface area contributed by atoms with E-state index in [1.54, 1.807) is 6.26 Å². The number of furan rings is 1. The second-order valence-corrected chi connectivity index (χ2v) is 4.50. The van der Waals surface area contributed by atoms with Gasteiger partial charge in [0.2, 0.25) is 0 Å². The minimum absolute atomic E-state index is 0.262. The lowest BCUT2D eigenvalue weighted by atomic mass is 10.0. The number of rotatable bonds is 6. The van der Waals surface area contributed by atoms with Crippen molar-refractivity contribution >= 4 is 0 Å². The van der Waals surface area contributed by atoms with Crippen LogP contribution in [0.4, 0.5) is 0 Å². The van der Waals surface area contributed by atoms with Crippen molar-refractivity contribution in [3.05, 3.63) is 59.5 Å². The van der Waals surface area contributed by atoms with Crippen LogP contribution in [0.25, 0.3) is 0 Å². The largest absolute Gasteiger partial charge is 0.468 e. The van der Waals surface area contributed by atoms with Crippen LogP contribution in [0.1, 0.15) is 36.8 Å². The summed E-state index contributed by atoms with van der Waals surface area (Å²) in [6, 6.07) is 13.1. The lowest BCUT2D eigenvalue weighted by molar-refractivity contribution is 0.416. The number of likely N-dealkylation sites (N-methyl/N-ethyl adjacent to an activating group) is 1. The van der Waals surface area contributed by atoms with Crippen molar-refractivity contribution in [1.29, 1.82) is 0 Å². The van der Waals surface area contributed by atoms with E-state index >= 15 is 0 Å². The first-order valence-corrected chi connectivity index (χ1v) is 6.68. The van der Waals surface area contributed by atoms with Crippen LogP contribution < -0.4 is 5.32 Å². The Morgan fingerprint density at radius 2 is 1.78 bits per heavy atom. The van der Waals surface area contributed by atoms with E-state index in [1.165, 1.54) is 11.1 Å². The van der Waals surface area contributed by atoms with E-state index in [2.05, 4.69) is 43.4 Å². The molecule has 0 aliphatic rings. The predicted octanol–water partition coefficient (Wildman–Crippen LogP) is 3.74. The molecule has 0 radical (unpaired) electrons. The minimum atomic E-state index is 0.262. The maximum Gasteiger partial charge on any atom is 0.121 e. The van der Waals surface area contributed by atoms with Crippen LogP contribution >= 0.6 is 0 Å². The third-order valence-corrected chi connectivity index (χ3v) is 3.21. The third-order valence-electron chi connectivity index (χ3n) is 3.21. The Balaban J connectivity index is 2.08. The van der Waals surface area contributed by atoms with E-state index in [1.807, 2.05) is 12.1 Å². The summed E-state index contributed by atoms with van der Waals surface area (Å²) in [5.74, 6) is 1.01. The maximum absolute atomic E-state index is 5.50. The van der Waals surface area contributed by atoms with Crippen molar-refractivity contribution < 1.29 is 4.42 Å². The molecule has 0 amide bonds. The lowest BCUT2D eigenvalue weighted by Gasteiger charge is -2.15. The van der Waals surface area contributed by atoms with E-state index in [-0.39, 0.29) is 6.04 Å². The molecule has 0 saturated carbocycles. The number of nitrogens with one attached hydrogen (secondary N) is 1. The zero-order valence-corrected chi connectivity index (χ0v) is 11.1. The van der Waals surface area contributed by atoms with Gasteiger partial charge in [0.1, 0.15) is 5.76 Å². The molecule has 1 atom stereocenters. The summed E-state index contributed by atoms with van der Waals surface area (Å²) in [6.45, 7) is 5.24. The van der Waals surface area contributed by atoms with E-state index in [9.17, 15) is 0 Å². The van der Waals surface area contributed by atoms with Crippen molar-refractivity contribution in [1.82, 2.24) is 5.32 Å². The van der Waals surface area contributed by atoms with Gasteiger partial charge in [-0.2, -0.15) is 0 Å². The molecule has 1 unspecified atom stereocenters. The Labute approximate surface area is 109 Å². The zero-order chi connectivity index (χ0) is 12.8. The Kier molecular flexibility index (Phi) is 4.59. The first kappa shape index (κ1) is 12.9. The summed E-state index contributed by atoms with van der Waals surface area (Å²) in [5.41, 5.74) is 2.73. The highest BCUT2D eigenvalue weighted by molar-refractivity contribution is 5.24. The van der Waals surface area contributed by atoms with Crippen LogP contribution in [0.5, 0.6) is 0 Å². The van der Waals surface area contributed by atoms with Crippen LogP contribution in [-0.4, -0.2) is 6.54 Å². The average molecular weight is 243 g/mol. The molecule has 1 N–H and O–H groups in total. The van der Waals surface area contributed by atoms with E-state index < -0.39 is 0 Å². The lowest BCUT2D eigenvalue weighted by Crippen LogP contribution is -2.22. The van der Waals surface area contributed by atoms with Crippen LogP contribution in [0.2, 0.25) is 0 Å². The molecule has 96 valence electrons. The highest BCUT2D eigenvalue weighted by atomic mass is 16.3. The minimum Gasteiger partial charge on any atom is -0.468 e. The topological polar surface area (TPSA) is 25.2 Å². The van der Waals surface area contributed by atoms with Crippen LogP contribution in [0.15, 0.2) is 47.1 Å². The molecule has 2 aromatic rings. The van der Waals surface area contributed by atoms with Crippen molar-refractivity contribution in [2.24, 2.45) is 0 Å². The molecular formula is C16H21NO. The van der Waals surface area contributed by atoms with Crippen molar-refractivity contribution in [3.8, 4) is 0 Å². The van der Waals surface area contributed by atoms with Gasteiger partial charge in [-0.15, -0.1) is 0 Å². The van der Waals surface area contributed by atoms with E-state index in [0.717, 1.165) is 25.1 Å². The number of aryl methyl sites for hydroxylation is 1. The fourth-order valence-electron chi connectivity index (χ4n) is 2.16. The molecule has 2 nitrogen and oxygen atoms in total. The van der Waals surface area contributed by atoms with Gasteiger partial charge in [0, 0.05) is 0 Å². The first-order chi connectivity index (χ1) is 8.83. The summed E-state index contributed by atoms with van der Waals surface area (Å²) in [4.78, 5) is 0. The molecule has 1 aromatic heterocycles. The summed E-state index contributed by atoms with van der Waals surface area (Å²) in [5, 5.41) is 3.47. The molecular weight excluding hydrogens is 222 g/mol. The predicted molar refractivity (Wildman–Crippen MR) is 74.6 cm³/mol. The first-order valence-electron chi connectivity index (χ1n) is 6.68. The maximum atomic E-state index is 5.50. The van der Waals surface area contributed by atoms with Gasteiger partial charge < -0.3 is 9.73 Å². The van der Waals surface area contributed by atoms with Gasteiger partial charge in [-0.05, 0) is 42.6 Å². The third kappa shape index (κ3) is 3.23. The second kappa shape index (κ2) is 6.41. The molecule has 0 bridgehead atoms. The molecule has 2 rings (SSSR count). The van der Waals surface area contributed by atoms with Gasteiger partial charge >= 0.3 is 0 Å². The monoisotopic (exact) mass is 243 g/mol. The number of hydrogen-bond acceptors (Lipinski definition) is 2. The summed E-state index contributed by atoms with van der Waals surface area (Å²) >= 11 is 0. The van der Waals surface area contributed by atoms with Gasteiger partial charge in [0.05, 0.1) is 12.3 Å². The van der Waals surface area contributed by atoms with E-state index in [0.29, 0.717) is 0 Å². The van der Waals surface area contributed by atoms with E-state index in [4.69, 9.17) is 4.42 Å². The second-order valence-electron chi connectivity index (χ2n) is 4.50. The molecule has 2 heteroatoms. The molecule has 0 saturated heterocycles. The quantitative estimate of drug-likeness (QED) is 0.836. The highest BCUT2D eigenvalue weighted by Crippen LogP contribution is 2.19. The van der Waals surface area contributed by atoms with Crippen molar-refractivity contribution in [2.75, 3.05) is 6.54 Å². The van der Waals surface area contributed by atoms with Gasteiger partial charge in [-0.3, -0.25) is 0 Å². The average Bonchev–Trinajstić information content (AvgIpc) is 2.93. The normalized spacial score (nSPS) is 12.6. The smallest absolute Gasteiger partial charge is 0.121 e. The highest BCUT2D eigenvalue weighted by Gasteiger charge is 2.13. The molecule has 0 aliphatic carbocycles. The molecule has 0 fully saturated rings. The van der Waals surface area contributed by atoms with Crippen molar-refractivity contribution in [2.45, 2.75) is 32.7 Å². The fourth-order valence-corrected chi connectivity index (χ4v) is 2.16. The Morgan fingerprint density at radius 1 is 1.06 bits per heavy atom. The summed E-state index contributed by atoms with van der Waals surface area (Å²) in [7, 11) is 0. The fraction of sp³-hybridized carbons (Fsp3) is 0.375. The van der Waals surface area contributed by atoms with Gasteiger partial charge in [-0.1, -0.05) is 38.1 Å². The van der Waals surface area contributed by atoms with Crippen LogP contribution in [0, 0.1) is 0 Å². The molecule has 1 heterocycles. The zero-order valence-electron chi connectivity index (χ0n) is 11.1. The van der Waals surface area contributed by atoms with Crippen LogP contribution in [0.3, 0.4) is 0 Å². The molecule has 18 heavy (non-hydrogen) atoms. The molecule has 0 aliphatic heterocycles. The standard InChI is InChI=1S/C16H21NO/c1-3-13-7-9-14(10-8-13)12-15(17-4-2)16-6-5-11-18-16/h5-11,15,17H,3-4,12H2,1-2H3. The SMILES string of the molecule is CCNC(Cc1ccc(CC)cc1)c1ccco1. The summed E-state index contributed by atoms with van der Waals surface area (Å²) in [6.07, 6.45) is 3.79.